The third-order valence-corrected chi connectivity index (χ3v) is 6.16. The molecule has 2 heterocycles. The monoisotopic (exact) mass is 461 g/mol. The van der Waals surface area contributed by atoms with Gasteiger partial charge in [-0.05, 0) is 48.2 Å². The van der Waals surface area contributed by atoms with Gasteiger partial charge in [-0.25, -0.2) is 4.79 Å². The van der Waals surface area contributed by atoms with Gasteiger partial charge in [-0.1, -0.05) is 29.8 Å². The lowest BCUT2D eigenvalue weighted by molar-refractivity contribution is -0.113. The number of ether oxygens (including phenoxy) is 3. The van der Waals surface area contributed by atoms with Crippen molar-refractivity contribution in [2.75, 3.05) is 31.3 Å². The van der Waals surface area contributed by atoms with E-state index in [4.69, 9.17) is 25.8 Å². The minimum absolute atomic E-state index is 0.123. The SMILES string of the molecule is CCOC(=O)N1CCOc2ccc(Cc3cc(C4CC(O)CC(CO)O4)ccc3Cl)cc21. The first kappa shape index (κ1) is 22.9. The molecular formula is C24H28ClNO6. The van der Waals surface area contributed by atoms with E-state index in [1.54, 1.807) is 11.8 Å². The largest absolute Gasteiger partial charge is 0.490 e. The number of carbonyl (C=O) groups excluding carboxylic acids is 1. The number of carbonyl (C=O) groups is 1. The first-order chi connectivity index (χ1) is 15.5. The molecule has 2 aliphatic heterocycles. The minimum atomic E-state index is -0.514. The third kappa shape index (κ3) is 5.02. The smallest absolute Gasteiger partial charge is 0.414 e. The van der Waals surface area contributed by atoms with Gasteiger partial charge in [0.15, 0.2) is 0 Å². The highest BCUT2D eigenvalue weighted by molar-refractivity contribution is 6.31. The Hall–Kier alpha value is -2.32. The summed E-state index contributed by atoms with van der Waals surface area (Å²) in [5, 5.41) is 20.2. The number of hydrogen-bond donors (Lipinski definition) is 2. The normalized spacial score (nSPS) is 22.8. The molecule has 0 saturated carbocycles. The van der Waals surface area contributed by atoms with Gasteiger partial charge in [0.25, 0.3) is 0 Å². The quantitative estimate of drug-likeness (QED) is 0.703. The van der Waals surface area contributed by atoms with Gasteiger partial charge in [0.05, 0.1) is 43.8 Å². The van der Waals surface area contributed by atoms with Gasteiger partial charge in [0.2, 0.25) is 0 Å². The second kappa shape index (κ2) is 10.1. The van der Waals surface area contributed by atoms with E-state index in [0.717, 1.165) is 16.7 Å². The van der Waals surface area contributed by atoms with E-state index in [9.17, 15) is 15.0 Å². The standard InChI is InChI=1S/C24H28ClNO6/c1-2-30-24(29)26-7-8-31-22-6-3-15(10-21(22)26)9-17-11-16(4-5-20(17)25)23-13-18(28)12-19(14-27)32-23/h3-6,10-11,18-19,23,27-28H,2,7-9,12-14H2,1H3. The Morgan fingerprint density at radius 1 is 1.25 bits per heavy atom. The molecule has 0 bridgehead atoms. The first-order valence-corrected chi connectivity index (χ1v) is 11.3. The zero-order chi connectivity index (χ0) is 22.7. The van der Waals surface area contributed by atoms with Crippen LogP contribution in [0.2, 0.25) is 5.02 Å². The van der Waals surface area contributed by atoms with Crippen LogP contribution >= 0.6 is 11.6 Å². The van der Waals surface area contributed by atoms with Gasteiger partial charge in [-0.2, -0.15) is 0 Å². The maximum Gasteiger partial charge on any atom is 0.414 e. The number of amides is 1. The average molecular weight is 462 g/mol. The van der Waals surface area contributed by atoms with Crippen molar-refractivity contribution in [2.45, 2.75) is 44.5 Å². The number of anilines is 1. The Kier molecular flexibility index (Phi) is 7.20. The average Bonchev–Trinajstić information content (AvgIpc) is 2.79. The maximum atomic E-state index is 12.4. The minimum Gasteiger partial charge on any atom is -0.490 e. The Labute approximate surface area is 192 Å². The first-order valence-electron chi connectivity index (χ1n) is 10.9. The Morgan fingerprint density at radius 2 is 2.09 bits per heavy atom. The van der Waals surface area contributed by atoms with Gasteiger partial charge in [0, 0.05) is 17.9 Å². The summed E-state index contributed by atoms with van der Waals surface area (Å²) in [6, 6.07) is 11.5. The lowest BCUT2D eigenvalue weighted by Crippen LogP contribution is -2.38. The summed E-state index contributed by atoms with van der Waals surface area (Å²) >= 11 is 6.49. The lowest BCUT2D eigenvalue weighted by atomic mass is 9.94. The van der Waals surface area contributed by atoms with Gasteiger partial charge in [-0.15, -0.1) is 0 Å². The molecule has 32 heavy (non-hydrogen) atoms. The second-order valence-corrected chi connectivity index (χ2v) is 8.49. The van der Waals surface area contributed by atoms with Crippen molar-refractivity contribution in [3.05, 3.63) is 58.1 Å². The fourth-order valence-corrected chi connectivity index (χ4v) is 4.42. The van der Waals surface area contributed by atoms with Crippen molar-refractivity contribution in [2.24, 2.45) is 0 Å². The van der Waals surface area contributed by atoms with E-state index in [1.807, 2.05) is 36.4 Å². The highest BCUT2D eigenvalue weighted by Crippen LogP contribution is 2.36. The van der Waals surface area contributed by atoms with Crippen molar-refractivity contribution < 1.29 is 29.2 Å². The molecule has 3 unspecified atom stereocenters. The van der Waals surface area contributed by atoms with Crippen molar-refractivity contribution in [3.63, 3.8) is 0 Å². The van der Waals surface area contributed by atoms with E-state index < -0.39 is 6.10 Å². The highest BCUT2D eigenvalue weighted by atomic mass is 35.5. The molecule has 0 aromatic heterocycles. The molecule has 8 heteroatoms. The summed E-state index contributed by atoms with van der Waals surface area (Å²) < 4.78 is 16.8. The Morgan fingerprint density at radius 3 is 2.88 bits per heavy atom. The van der Waals surface area contributed by atoms with Crippen molar-refractivity contribution in [3.8, 4) is 5.75 Å². The fraction of sp³-hybridized carbons (Fsp3) is 0.458. The number of fused-ring (bicyclic) bond motifs is 1. The topological polar surface area (TPSA) is 88.5 Å². The van der Waals surface area contributed by atoms with Crippen LogP contribution in [0.15, 0.2) is 36.4 Å². The number of hydrogen-bond acceptors (Lipinski definition) is 6. The second-order valence-electron chi connectivity index (χ2n) is 8.08. The molecule has 172 valence electrons. The van der Waals surface area contributed by atoms with E-state index in [2.05, 4.69) is 0 Å². The molecule has 7 nitrogen and oxygen atoms in total. The molecule has 4 rings (SSSR count). The number of aliphatic hydroxyl groups excluding tert-OH is 2. The van der Waals surface area contributed by atoms with E-state index in [0.29, 0.717) is 55.5 Å². The predicted molar refractivity (Wildman–Crippen MR) is 121 cm³/mol. The zero-order valence-electron chi connectivity index (χ0n) is 18.0. The molecule has 2 N–H and O–H groups in total. The maximum absolute atomic E-state index is 12.4. The molecule has 1 amide bonds. The van der Waals surface area contributed by atoms with Gasteiger partial charge >= 0.3 is 6.09 Å². The van der Waals surface area contributed by atoms with E-state index in [1.165, 1.54) is 0 Å². The number of rotatable bonds is 5. The fourth-order valence-electron chi connectivity index (χ4n) is 4.24. The summed E-state index contributed by atoms with van der Waals surface area (Å²) in [7, 11) is 0. The van der Waals surface area contributed by atoms with E-state index >= 15 is 0 Å². The zero-order valence-corrected chi connectivity index (χ0v) is 18.8. The van der Waals surface area contributed by atoms with Crippen LogP contribution in [0, 0.1) is 0 Å². The van der Waals surface area contributed by atoms with Crippen LogP contribution in [0.25, 0.3) is 0 Å². The summed E-state index contributed by atoms with van der Waals surface area (Å²) in [6.07, 6.45) is -0.125. The molecule has 2 aromatic rings. The number of halogens is 1. The molecule has 0 spiro atoms. The molecule has 2 aromatic carbocycles. The van der Waals surface area contributed by atoms with Crippen LogP contribution in [0.3, 0.4) is 0 Å². The van der Waals surface area contributed by atoms with Crippen LogP contribution in [-0.2, 0) is 15.9 Å². The van der Waals surface area contributed by atoms with Crippen molar-refractivity contribution in [1.82, 2.24) is 0 Å². The van der Waals surface area contributed by atoms with Crippen LogP contribution < -0.4 is 9.64 Å². The van der Waals surface area contributed by atoms with Gasteiger partial charge in [-0.3, -0.25) is 4.90 Å². The molecule has 2 aliphatic rings. The third-order valence-electron chi connectivity index (χ3n) is 5.79. The lowest BCUT2D eigenvalue weighted by Gasteiger charge is -2.32. The molecule has 0 radical (unpaired) electrons. The number of benzene rings is 2. The van der Waals surface area contributed by atoms with Crippen LogP contribution in [0.4, 0.5) is 10.5 Å². The highest BCUT2D eigenvalue weighted by Gasteiger charge is 2.29. The van der Waals surface area contributed by atoms with Crippen molar-refractivity contribution >= 4 is 23.4 Å². The molecular weight excluding hydrogens is 434 g/mol. The summed E-state index contributed by atoms with van der Waals surface area (Å²) in [4.78, 5) is 14.0. The van der Waals surface area contributed by atoms with Crippen LogP contribution in [0.5, 0.6) is 5.75 Å². The summed E-state index contributed by atoms with van der Waals surface area (Å²) in [5.74, 6) is 0.646. The number of nitrogens with zero attached hydrogens (tertiary/aromatic N) is 1. The molecule has 1 saturated heterocycles. The summed E-state index contributed by atoms with van der Waals surface area (Å²) in [6.45, 7) is 2.81. The van der Waals surface area contributed by atoms with E-state index in [-0.39, 0.29) is 24.9 Å². The summed E-state index contributed by atoms with van der Waals surface area (Å²) in [5.41, 5.74) is 3.48. The molecule has 3 atom stereocenters. The Bertz CT molecular complexity index is 968. The molecule has 1 fully saturated rings. The number of aliphatic hydroxyl groups is 2. The van der Waals surface area contributed by atoms with Crippen molar-refractivity contribution in [1.29, 1.82) is 0 Å². The van der Waals surface area contributed by atoms with Gasteiger partial charge < -0.3 is 24.4 Å². The van der Waals surface area contributed by atoms with Crippen LogP contribution in [0.1, 0.15) is 42.6 Å². The van der Waals surface area contributed by atoms with Gasteiger partial charge in [0.1, 0.15) is 12.4 Å². The van der Waals surface area contributed by atoms with Crippen LogP contribution in [-0.4, -0.2) is 54.9 Å². The molecule has 0 aliphatic carbocycles. The predicted octanol–water partition coefficient (Wildman–Crippen LogP) is 3.86. The Balaban J connectivity index is 1.57.